The van der Waals surface area contributed by atoms with Crippen LogP contribution >= 0.6 is 0 Å². The highest BCUT2D eigenvalue weighted by atomic mass is 32.2. The molecular weight excluding hydrogens is 415 g/mol. The zero-order valence-corrected chi connectivity index (χ0v) is 19.3. The highest BCUT2D eigenvalue weighted by molar-refractivity contribution is 7.90. The van der Waals surface area contributed by atoms with Crippen molar-refractivity contribution >= 4 is 26.6 Å². The van der Waals surface area contributed by atoms with Gasteiger partial charge in [0.25, 0.3) is 5.91 Å². The van der Waals surface area contributed by atoms with Gasteiger partial charge in [-0.3, -0.25) is 4.79 Å². The topological polar surface area (TPSA) is 59.4 Å². The Morgan fingerprint density at radius 3 is 2.48 bits per heavy atom. The highest BCUT2D eigenvalue weighted by Gasteiger charge is 2.20. The minimum absolute atomic E-state index is 0.0723. The van der Waals surface area contributed by atoms with E-state index in [9.17, 15) is 17.6 Å². The molecule has 0 radical (unpaired) electrons. The number of carbonyl (C=O) groups is 1. The predicted octanol–water partition coefficient (Wildman–Crippen LogP) is 4.99. The van der Waals surface area contributed by atoms with E-state index in [1.165, 1.54) is 11.2 Å². The van der Waals surface area contributed by atoms with Crippen molar-refractivity contribution in [3.8, 4) is 11.1 Å². The molecular formula is C24H27FN2O3S. The monoisotopic (exact) mass is 442 g/mol. The molecule has 7 heteroatoms. The maximum atomic E-state index is 14.4. The summed E-state index contributed by atoms with van der Waals surface area (Å²) in [6.45, 7) is 3.83. The second kappa shape index (κ2) is 8.67. The van der Waals surface area contributed by atoms with Gasteiger partial charge in [0, 0.05) is 48.1 Å². The molecule has 3 rings (SSSR count). The van der Waals surface area contributed by atoms with Gasteiger partial charge >= 0.3 is 0 Å². The summed E-state index contributed by atoms with van der Waals surface area (Å²) >= 11 is 0. The van der Waals surface area contributed by atoms with Crippen LogP contribution in [0.2, 0.25) is 0 Å². The minimum atomic E-state index is -3.39. The largest absolute Gasteiger partial charge is 0.345 e. The molecule has 31 heavy (non-hydrogen) atoms. The van der Waals surface area contributed by atoms with E-state index in [0.29, 0.717) is 17.5 Å². The Morgan fingerprint density at radius 1 is 1.16 bits per heavy atom. The van der Waals surface area contributed by atoms with Gasteiger partial charge in [-0.05, 0) is 49.2 Å². The number of aromatic nitrogens is 1. The predicted molar refractivity (Wildman–Crippen MR) is 123 cm³/mol. The summed E-state index contributed by atoms with van der Waals surface area (Å²) in [5.41, 5.74) is 3.60. The van der Waals surface area contributed by atoms with E-state index < -0.39 is 9.84 Å². The fourth-order valence-electron chi connectivity index (χ4n) is 3.76. The van der Waals surface area contributed by atoms with Crippen molar-refractivity contribution < 1.29 is 17.6 Å². The van der Waals surface area contributed by atoms with Gasteiger partial charge in [0.1, 0.15) is 5.83 Å². The third kappa shape index (κ3) is 4.56. The van der Waals surface area contributed by atoms with Crippen LogP contribution in [0.5, 0.6) is 0 Å². The summed E-state index contributed by atoms with van der Waals surface area (Å²) in [7, 11) is -0.0188. The Kier molecular flexibility index (Phi) is 6.36. The summed E-state index contributed by atoms with van der Waals surface area (Å²) in [6.07, 6.45) is 3.30. The summed E-state index contributed by atoms with van der Waals surface area (Å²) in [5.74, 6) is -0.382. The first kappa shape index (κ1) is 22.7. The molecule has 5 nitrogen and oxygen atoms in total. The van der Waals surface area contributed by atoms with Crippen LogP contribution in [-0.2, 0) is 16.4 Å². The standard InChI is InChI=1S/C24H27FN2O3S/c1-6-8-19(25)15-27-16(2)23(17-9-7-10-20(13-17)31(5,29)30)21-14-18(11-12-22(21)27)24(28)26(3)4/h7-14H,6,15H2,1-5H3/b19-8-. The number of benzene rings is 2. The molecule has 164 valence electrons. The van der Waals surface area contributed by atoms with Crippen molar-refractivity contribution in [1.82, 2.24) is 9.47 Å². The second-order valence-electron chi connectivity index (χ2n) is 7.84. The van der Waals surface area contributed by atoms with Crippen molar-refractivity contribution in [3.63, 3.8) is 0 Å². The first-order valence-electron chi connectivity index (χ1n) is 10.0. The van der Waals surface area contributed by atoms with Gasteiger partial charge in [0.2, 0.25) is 0 Å². The molecule has 1 amide bonds. The minimum Gasteiger partial charge on any atom is -0.345 e. The number of hydrogen-bond acceptors (Lipinski definition) is 3. The maximum absolute atomic E-state index is 14.4. The molecule has 0 aliphatic carbocycles. The summed E-state index contributed by atoms with van der Waals surface area (Å²) in [5, 5.41) is 0.778. The third-order valence-corrected chi connectivity index (χ3v) is 6.37. The molecule has 0 spiro atoms. The third-order valence-electron chi connectivity index (χ3n) is 5.26. The molecule has 0 saturated carbocycles. The molecule has 3 aromatic rings. The molecule has 2 aromatic carbocycles. The first-order chi connectivity index (χ1) is 14.5. The van der Waals surface area contributed by atoms with E-state index >= 15 is 0 Å². The Labute approximate surface area is 182 Å². The summed E-state index contributed by atoms with van der Waals surface area (Å²) in [6, 6.07) is 12.1. The molecule has 1 heterocycles. The number of hydrogen-bond donors (Lipinski definition) is 0. The Morgan fingerprint density at radius 2 is 1.87 bits per heavy atom. The first-order valence-corrected chi connectivity index (χ1v) is 11.9. The number of fused-ring (bicyclic) bond motifs is 1. The number of sulfone groups is 1. The summed E-state index contributed by atoms with van der Waals surface area (Å²) in [4.78, 5) is 14.3. The highest BCUT2D eigenvalue weighted by Crippen LogP contribution is 2.37. The van der Waals surface area contributed by atoms with Gasteiger partial charge in [-0.1, -0.05) is 25.1 Å². The Hall–Kier alpha value is -2.93. The average molecular weight is 443 g/mol. The van der Waals surface area contributed by atoms with Crippen molar-refractivity contribution in [3.05, 3.63) is 65.6 Å². The van der Waals surface area contributed by atoms with Crippen molar-refractivity contribution in [1.29, 1.82) is 0 Å². The van der Waals surface area contributed by atoms with Crippen LogP contribution in [0.4, 0.5) is 4.39 Å². The van der Waals surface area contributed by atoms with E-state index in [1.807, 2.05) is 30.5 Å². The van der Waals surface area contributed by atoms with E-state index in [2.05, 4.69) is 0 Å². The van der Waals surface area contributed by atoms with Crippen LogP contribution in [0, 0.1) is 6.92 Å². The molecule has 0 atom stereocenters. The number of nitrogens with zero attached hydrogens (tertiary/aromatic N) is 2. The zero-order chi connectivity index (χ0) is 22.9. The molecule has 0 unspecified atom stereocenters. The van der Waals surface area contributed by atoms with Crippen LogP contribution in [0.25, 0.3) is 22.0 Å². The van der Waals surface area contributed by atoms with Crippen LogP contribution in [0.15, 0.2) is 59.3 Å². The number of allylic oxidation sites excluding steroid dienone is 2. The van der Waals surface area contributed by atoms with Crippen LogP contribution in [-0.4, -0.2) is 44.1 Å². The molecule has 0 aliphatic heterocycles. The number of amides is 1. The lowest BCUT2D eigenvalue weighted by atomic mass is 10.0. The second-order valence-corrected chi connectivity index (χ2v) is 9.85. The van der Waals surface area contributed by atoms with E-state index in [-0.39, 0.29) is 23.2 Å². The lowest BCUT2D eigenvalue weighted by Gasteiger charge is -2.11. The molecule has 0 bridgehead atoms. The zero-order valence-electron chi connectivity index (χ0n) is 18.4. The fraction of sp³-hybridized carbons (Fsp3) is 0.292. The number of carbonyl (C=O) groups excluding carboxylic acids is 1. The van der Waals surface area contributed by atoms with Crippen LogP contribution in [0.3, 0.4) is 0 Å². The molecule has 0 N–H and O–H groups in total. The van der Waals surface area contributed by atoms with Gasteiger partial charge in [0.05, 0.1) is 11.4 Å². The van der Waals surface area contributed by atoms with E-state index in [4.69, 9.17) is 0 Å². The fourth-order valence-corrected chi connectivity index (χ4v) is 4.43. The van der Waals surface area contributed by atoms with Crippen LogP contribution in [0.1, 0.15) is 29.4 Å². The molecule has 0 fully saturated rings. The average Bonchev–Trinajstić information content (AvgIpc) is 2.97. The quantitative estimate of drug-likeness (QED) is 0.541. The number of halogens is 1. The number of rotatable bonds is 6. The smallest absolute Gasteiger partial charge is 0.253 e. The van der Waals surface area contributed by atoms with E-state index in [1.54, 1.807) is 50.5 Å². The summed E-state index contributed by atoms with van der Waals surface area (Å²) < 4.78 is 40.5. The van der Waals surface area contributed by atoms with Gasteiger partial charge in [-0.25, -0.2) is 12.8 Å². The van der Waals surface area contributed by atoms with Crippen LogP contribution < -0.4 is 0 Å². The van der Waals surface area contributed by atoms with Crippen molar-refractivity contribution in [2.75, 3.05) is 20.4 Å². The lowest BCUT2D eigenvalue weighted by molar-refractivity contribution is 0.0827. The van der Waals surface area contributed by atoms with Crippen molar-refractivity contribution in [2.45, 2.75) is 31.7 Å². The molecule has 1 aromatic heterocycles. The Bertz CT molecular complexity index is 1290. The lowest BCUT2D eigenvalue weighted by Crippen LogP contribution is -2.21. The van der Waals surface area contributed by atoms with Crippen molar-refractivity contribution in [2.24, 2.45) is 0 Å². The van der Waals surface area contributed by atoms with Gasteiger partial charge in [-0.2, -0.15) is 0 Å². The maximum Gasteiger partial charge on any atom is 0.253 e. The SMILES string of the molecule is CC/C=C(\F)Cn1c(C)c(-c2cccc(S(C)(=O)=O)c2)c2cc(C(=O)N(C)C)ccc21. The molecule has 0 aliphatic rings. The van der Waals surface area contributed by atoms with Gasteiger partial charge in [-0.15, -0.1) is 0 Å². The van der Waals surface area contributed by atoms with Gasteiger partial charge in [0.15, 0.2) is 9.84 Å². The van der Waals surface area contributed by atoms with Gasteiger partial charge < -0.3 is 9.47 Å². The Balaban J connectivity index is 2.33. The molecule has 0 saturated heterocycles. The van der Waals surface area contributed by atoms with E-state index in [0.717, 1.165) is 22.2 Å². The normalized spacial score (nSPS) is 12.4.